The number of ether oxygens (including phenoxy) is 1. The second-order valence-electron chi connectivity index (χ2n) is 4.92. The average molecular weight is 279 g/mol. The molecule has 0 saturated carbocycles. The molecule has 0 amide bonds. The van der Waals surface area contributed by atoms with E-state index in [1.807, 2.05) is 31.2 Å². The van der Waals surface area contributed by atoms with Crippen LogP contribution in [0.3, 0.4) is 0 Å². The van der Waals surface area contributed by atoms with Gasteiger partial charge in [-0.25, -0.2) is 0 Å². The van der Waals surface area contributed by atoms with Crippen LogP contribution in [0.4, 0.5) is 0 Å². The average Bonchev–Trinajstić information content (AvgIpc) is 2.52. The fourth-order valence-corrected chi connectivity index (χ4v) is 2.12. The van der Waals surface area contributed by atoms with Crippen LogP contribution >= 0.6 is 0 Å². The van der Waals surface area contributed by atoms with Crippen LogP contribution in [-0.2, 0) is 6.42 Å². The maximum atomic E-state index is 5.80. The Bertz CT molecular complexity index is 623. The monoisotopic (exact) mass is 279 g/mol. The Labute approximate surface area is 126 Å². The van der Waals surface area contributed by atoms with E-state index in [4.69, 9.17) is 10.5 Å². The van der Waals surface area contributed by atoms with Gasteiger partial charge in [0.05, 0.1) is 13.2 Å². The van der Waals surface area contributed by atoms with Gasteiger partial charge in [0.15, 0.2) is 0 Å². The molecule has 0 saturated heterocycles. The Kier molecular flexibility index (Phi) is 5.87. The van der Waals surface area contributed by atoms with E-state index >= 15 is 0 Å². The van der Waals surface area contributed by atoms with Crippen molar-refractivity contribution in [1.82, 2.24) is 0 Å². The Morgan fingerprint density at radius 3 is 2.62 bits per heavy atom. The molecule has 2 aromatic rings. The minimum absolute atomic E-state index is 0.386. The lowest BCUT2D eigenvalue weighted by Gasteiger charge is -2.08. The molecule has 0 aliphatic heterocycles. The van der Waals surface area contributed by atoms with Crippen LogP contribution < -0.4 is 10.5 Å². The largest absolute Gasteiger partial charge is 0.494 e. The van der Waals surface area contributed by atoms with Gasteiger partial charge in [-0.2, -0.15) is 0 Å². The highest BCUT2D eigenvalue weighted by Gasteiger charge is 1.99. The van der Waals surface area contributed by atoms with E-state index in [9.17, 15) is 0 Å². The molecule has 0 bridgehead atoms. The number of rotatable bonds is 5. The minimum Gasteiger partial charge on any atom is -0.494 e. The predicted octanol–water partition coefficient (Wildman–Crippen LogP) is 3.32. The van der Waals surface area contributed by atoms with Gasteiger partial charge in [-0.3, -0.25) is 0 Å². The number of benzene rings is 2. The third-order valence-electron chi connectivity index (χ3n) is 3.24. The van der Waals surface area contributed by atoms with Gasteiger partial charge in [-0.1, -0.05) is 42.2 Å². The van der Waals surface area contributed by atoms with E-state index in [1.54, 1.807) is 0 Å². The molecule has 21 heavy (non-hydrogen) atoms. The Hall–Kier alpha value is -2.24. The molecule has 0 aliphatic carbocycles. The molecule has 0 fully saturated rings. The third kappa shape index (κ3) is 4.98. The van der Waals surface area contributed by atoms with Crippen LogP contribution in [0.2, 0.25) is 0 Å². The van der Waals surface area contributed by atoms with E-state index in [0.717, 1.165) is 36.3 Å². The van der Waals surface area contributed by atoms with Crippen molar-refractivity contribution in [3.63, 3.8) is 0 Å². The Morgan fingerprint density at radius 2 is 1.90 bits per heavy atom. The summed E-state index contributed by atoms with van der Waals surface area (Å²) in [5, 5.41) is 0. The van der Waals surface area contributed by atoms with Crippen LogP contribution in [0.15, 0.2) is 48.5 Å². The number of hydrogen-bond donors (Lipinski definition) is 1. The molecule has 0 atom stereocenters. The molecular weight excluding hydrogens is 258 g/mol. The summed E-state index contributed by atoms with van der Waals surface area (Å²) in [5.74, 6) is 6.83. The van der Waals surface area contributed by atoms with Crippen molar-refractivity contribution in [2.45, 2.75) is 19.8 Å². The summed E-state index contributed by atoms with van der Waals surface area (Å²) >= 11 is 0. The van der Waals surface area contributed by atoms with Crippen molar-refractivity contribution in [2.75, 3.05) is 13.2 Å². The summed E-state index contributed by atoms with van der Waals surface area (Å²) < 4.78 is 5.80. The van der Waals surface area contributed by atoms with Gasteiger partial charge in [0.2, 0.25) is 0 Å². The molecular formula is C19H21NO. The molecule has 0 aliphatic rings. The number of hydrogen-bond acceptors (Lipinski definition) is 2. The second-order valence-corrected chi connectivity index (χ2v) is 4.92. The topological polar surface area (TPSA) is 35.2 Å². The molecule has 2 N–H and O–H groups in total. The molecule has 2 heteroatoms. The van der Waals surface area contributed by atoms with Crippen molar-refractivity contribution in [3.8, 4) is 17.6 Å². The number of nitrogens with two attached hydrogens (primary N) is 1. The molecule has 0 spiro atoms. The SMILES string of the molecule is Cc1cc(OCCCc2ccccc2)ccc1C#CCN. The Balaban J connectivity index is 1.82. The highest BCUT2D eigenvalue weighted by Crippen LogP contribution is 2.17. The van der Waals surface area contributed by atoms with Crippen molar-refractivity contribution < 1.29 is 4.74 Å². The lowest BCUT2D eigenvalue weighted by Crippen LogP contribution is -2.00. The van der Waals surface area contributed by atoms with Crippen molar-refractivity contribution in [2.24, 2.45) is 5.73 Å². The zero-order valence-corrected chi connectivity index (χ0v) is 12.4. The molecule has 0 heterocycles. The van der Waals surface area contributed by atoms with Gasteiger partial charge >= 0.3 is 0 Å². The molecule has 0 unspecified atom stereocenters. The quantitative estimate of drug-likeness (QED) is 0.673. The molecule has 2 nitrogen and oxygen atoms in total. The maximum Gasteiger partial charge on any atom is 0.119 e. The molecule has 108 valence electrons. The van der Waals surface area contributed by atoms with E-state index < -0.39 is 0 Å². The first kappa shape index (κ1) is 15.2. The summed E-state index contributed by atoms with van der Waals surface area (Å²) in [6, 6.07) is 16.5. The summed E-state index contributed by atoms with van der Waals surface area (Å²) in [5.41, 5.74) is 8.87. The van der Waals surface area contributed by atoms with E-state index in [1.165, 1.54) is 5.56 Å². The van der Waals surface area contributed by atoms with Crippen LogP contribution in [0, 0.1) is 18.8 Å². The first-order valence-corrected chi connectivity index (χ1v) is 7.26. The molecule has 0 radical (unpaired) electrons. The first-order chi connectivity index (χ1) is 10.3. The fraction of sp³-hybridized carbons (Fsp3) is 0.263. The zero-order valence-electron chi connectivity index (χ0n) is 12.4. The maximum absolute atomic E-state index is 5.80. The van der Waals surface area contributed by atoms with Crippen LogP contribution in [0.25, 0.3) is 0 Å². The van der Waals surface area contributed by atoms with Crippen molar-refractivity contribution in [1.29, 1.82) is 0 Å². The minimum atomic E-state index is 0.386. The van der Waals surface area contributed by atoms with E-state index in [0.29, 0.717) is 6.54 Å². The van der Waals surface area contributed by atoms with Gasteiger partial charge in [0.1, 0.15) is 5.75 Å². The number of aryl methyl sites for hydroxylation is 2. The van der Waals surface area contributed by atoms with Crippen LogP contribution in [-0.4, -0.2) is 13.2 Å². The van der Waals surface area contributed by atoms with Crippen molar-refractivity contribution in [3.05, 3.63) is 65.2 Å². The second kappa shape index (κ2) is 8.14. The Morgan fingerprint density at radius 1 is 1.10 bits per heavy atom. The van der Waals surface area contributed by atoms with Gasteiger partial charge in [-0.05, 0) is 49.1 Å². The van der Waals surface area contributed by atoms with Crippen LogP contribution in [0.1, 0.15) is 23.1 Å². The smallest absolute Gasteiger partial charge is 0.119 e. The predicted molar refractivity (Wildman–Crippen MR) is 87.4 cm³/mol. The summed E-state index contributed by atoms with van der Waals surface area (Å²) in [6.07, 6.45) is 2.05. The summed E-state index contributed by atoms with van der Waals surface area (Å²) in [4.78, 5) is 0. The lowest BCUT2D eigenvalue weighted by molar-refractivity contribution is 0.311. The van der Waals surface area contributed by atoms with Crippen LogP contribution in [0.5, 0.6) is 5.75 Å². The standard InChI is InChI=1S/C19H21NO/c1-16-15-19(12-11-18(16)10-5-13-20)21-14-6-9-17-7-3-2-4-8-17/h2-4,7-8,11-12,15H,6,9,13-14,20H2,1H3. The van der Waals surface area contributed by atoms with E-state index in [-0.39, 0.29) is 0 Å². The third-order valence-corrected chi connectivity index (χ3v) is 3.24. The molecule has 2 aromatic carbocycles. The highest BCUT2D eigenvalue weighted by molar-refractivity contribution is 5.44. The van der Waals surface area contributed by atoms with Crippen molar-refractivity contribution >= 4 is 0 Å². The molecule has 0 aromatic heterocycles. The summed E-state index contributed by atoms with van der Waals surface area (Å²) in [7, 11) is 0. The van der Waals surface area contributed by atoms with Gasteiger partial charge in [0, 0.05) is 5.56 Å². The normalized spacial score (nSPS) is 9.81. The lowest BCUT2D eigenvalue weighted by atomic mass is 10.1. The molecule has 2 rings (SSSR count). The van der Waals surface area contributed by atoms with Gasteiger partial charge < -0.3 is 10.5 Å². The van der Waals surface area contributed by atoms with E-state index in [2.05, 4.69) is 36.1 Å². The van der Waals surface area contributed by atoms with Gasteiger partial charge in [0.25, 0.3) is 0 Å². The highest BCUT2D eigenvalue weighted by atomic mass is 16.5. The van der Waals surface area contributed by atoms with Gasteiger partial charge in [-0.15, -0.1) is 0 Å². The summed E-state index contributed by atoms with van der Waals surface area (Å²) in [6.45, 7) is 3.15. The fourth-order valence-electron chi connectivity index (χ4n) is 2.12. The zero-order chi connectivity index (χ0) is 14.9. The first-order valence-electron chi connectivity index (χ1n) is 7.26.